The van der Waals surface area contributed by atoms with E-state index in [1.807, 2.05) is 42.5 Å². The third-order valence-electron chi connectivity index (χ3n) is 4.35. The van der Waals surface area contributed by atoms with Crippen molar-refractivity contribution < 1.29 is 19.4 Å². The molecule has 0 unspecified atom stereocenters. The van der Waals surface area contributed by atoms with Crippen molar-refractivity contribution in [1.82, 2.24) is 0 Å². The van der Waals surface area contributed by atoms with Gasteiger partial charge in [-0.05, 0) is 46.9 Å². The van der Waals surface area contributed by atoms with Crippen molar-refractivity contribution in [3.8, 4) is 5.75 Å². The average molecular weight is 350 g/mol. The van der Waals surface area contributed by atoms with Crippen LogP contribution < -0.4 is 4.74 Å². The molecule has 0 saturated heterocycles. The molecule has 0 amide bonds. The number of carboxylic acids is 1. The normalized spacial score (nSPS) is 10.8. The Bertz CT molecular complexity index is 896. The lowest BCUT2D eigenvalue weighted by atomic mass is 10.0. The highest BCUT2D eigenvalue weighted by Gasteiger charge is 2.13. The number of aryl methyl sites for hydroxylation is 1. The predicted molar refractivity (Wildman–Crippen MR) is 102 cm³/mol. The van der Waals surface area contributed by atoms with Crippen LogP contribution in [0, 0.1) is 0 Å². The van der Waals surface area contributed by atoms with Crippen molar-refractivity contribution >= 4 is 16.7 Å². The van der Waals surface area contributed by atoms with Gasteiger partial charge in [-0.1, -0.05) is 48.5 Å². The summed E-state index contributed by atoms with van der Waals surface area (Å²) in [5, 5.41) is 11.7. The summed E-state index contributed by atoms with van der Waals surface area (Å²) in [7, 11) is 1.67. The lowest BCUT2D eigenvalue weighted by Gasteiger charge is -2.13. The van der Waals surface area contributed by atoms with Crippen LogP contribution in [0.25, 0.3) is 10.8 Å². The molecule has 0 aliphatic rings. The first-order valence-electron chi connectivity index (χ1n) is 8.63. The number of aromatic carboxylic acids is 1. The molecule has 0 aromatic heterocycles. The number of rotatable bonds is 8. The molecule has 0 aliphatic carbocycles. The molecule has 0 aliphatic heterocycles. The number of hydrogen-bond donors (Lipinski definition) is 1. The van der Waals surface area contributed by atoms with Gasteiger partial charge in [-0.25, -0.2) is 4.79 Å². The van der Waals surface area contributed by atoms with E-state index in [1.165, 1.54) is 0 Å². The standard InChI is InChI=1S/C22H22O4/c1-25-13-5-6-16-11-12-20(22(23)24)21(14-16)26-15-18-9-4-8-17-7-2-3-10-19(17)18/h2-4,7-12,14H,5-6,13,15H2,1H3,(H,23,24). The molecule has 0 atom stereocenters. The Morgan fingerprint density at radius 3 is 2.65 bits per heavy atom. The van der Waals surface area contributed by atoms with Gasteiger partial charge in [-0.15, -0.1) is 0 Å². The number of carboxylic acid groups (broad SMARTS) is 1. The predicted octanol–water partition coefficient (Wildman–Crippen LogP) is 4.70. The van der Waals surface area contributed by atoms with E-state index in [0.717, 1.165) is 34.7 Å². The van der Waals surface area contributed by atoms with E-state index in [4.69, 9.17) is 9.47 Å². The fourth-order valence-corrected chi connectivity index (χ4v) is 3.01. The summed E-state index contributed by atoms with van der Waals surface area (Å²) >= 11 is 0. The Morgan fingerprint density at radius 2 is 1.85 bits per heavy atom. The summed E-state index contributed by atoms with van der Waals surface area (Å²) in [5.74, 6) is -0.582. The SMILES string of the molecule is COCCCc1ccc(C(=O)O)c(OCc2cccc3ccccc23)c1. The van der Waals surface area contributed by atoms with Crippen LogP contribution in [0.4, 0.5) is 0 Å². The molecule has 26 heavy (non-hydrogen) atoms. The Labute approximate surface area is 153 Å². The molecule has 134 valence electrons. The summed E-state index contributed by atoms with van der Waals surface area (Å²) in [6.07, 6.45) is 1.70. The fourth-order valence-electron chi connectivity index (χ4n) is 3.01. The summed E-state index contributed by atoms with van der Waals surface area (Å²) in [5.41, 5.74) is 2.25. The van der Waals surface area contributed by atoms with Crippen molar-refractivity contribution in [3.05, 3.63) is 77.4 Å². The topological polar surface area (TPSA) is 55.8 Å². The van der Waals surface area contributed by atoms with Crippen LogP contribution in [-0.2, 0) is 17.8 Å². The first kappa shape index (κ1) is 18.0. The Hall–Kier alpha value is -2.85. The quantitative estimate of drug-likeness (QED) is 0.599. The summed E-state index contributed by atoms with van der Waals surface area (Å²) in [6, 6.07) is 19.4. The van der Waals surface area contributed by atoms with Crippen LogP contribution in [0.1, 0.15) is 27.9 Å². The molecule has 4 nitrogen and oxygen atoms in total. The van der Waals surface area contributed by atoms with E-state index in [1.54, 1.807) is 13.2 Å². The van der Waals surface area contributed by atoms with Gasteiger partial charge in [0.1, 0.15) is 17.9 Å². The van der Waals surface area contributed by atoms with Crippen molar-refractivity contribution in [2.75, 3.05) is 13.7 Å². The average Bonchev–Trinajstić information content (AvgIpc) is 2.66. The zero-order valence-corrected chi connectivity index (χ0v) is 14.8. The second-order valence-corrected chi connectivity index (χ2v) is 6.16. The fraction of sp³-hybridized carbons (Fsp3) is 0.227. The van der Waals surface area contributed by atoms with Crippen LogP contribution in [0.5, 0.6) is 5.75 Å². The van der Waals surface area contributed by atoms with Gasteiger partial charge in [0.15, 0.2) is 0 Å². The lowest BCUT2D eigenvalue weighted by Crippen LogP contribution is -2.05. The molecule has 0 spiro atoms. The number of ether oxygens (including phenoxy) is 2. The molecule has 0 saturated carbocycles. The van der Waals surface area contributed by atoms with Gasteiger partial charge in [0.05, 0.1) is 0 Å². The Morgan fingerprint density at radius 1 is 1.04 bits per heavy atom. The van der Waals surface area contributed by atoms with Gasteiger partial charge in [-0.2, -0.15) is 0 Å². The van der Waals surface area contributed by atoms with E-state index >= 15 is 0 Å². The number of benzene rings is 3. The zero-order chi connectivity index (χ0) is 18.4. The van der Waals surface area contributed by atoms with Crippen molar-refractivity contribution in [3.63, 3.8) is 0 Å². The zero-order valence-electron chi connectivity index (χ0n) is 14.8. The highest BCUT2D eigenvalue weighted by molar-refractivity contribution is 5.91. The van der Waals surface area contributed by atoms with E-state index in [2.05, 4.69) is 12.1 Å². The van der Waals surface area contributed by atoms with Crippen LogP contribution in [0.2, 0.25) is 0 Å². The van der Waals surface area contributed by atoms with E-state index in [-0.39, 0.29) is 5.56 Å². The smallest absolute Gasteiger partial charge is 0.339 e. The van der Waals surface area contributed by atoms with Crippen molar-refractivity contribution in [2.45, 2.75) is 19.4 Å². The number of carbonyl (C=O) groups is 1. The largest absolute Gasteiger partial charge is 0.488 e. The first-order valence-corrected chi connectivity index (χ1v) is 8.63. The Kier molecular flexibility index (Phi) is 5.87. The summed E-state index contributed by atoms with van der Waals surface area (Å²) in [4.78, 5) is 11.5. The van der Waals surface area contributed by atoms with Crippen LogP contribution in [0.3, 0.4) is 0 Å². The molecular weight excluding hydrogens is 328 g/mol. The maximum Gasteiger partial charge on any atom is 0.339 e. The summed E-state index contributed by atoms with van der Waals surface area (Å²) in [6.45, 7) is 0.996. The van der Waals surface area contributed by atoms with Crippen LogP contribution in [-0.4, -0.2) is 24.8 Å². The molecule has 3 aromatic carbocycles. The minimum absolute atomic E-state index is 0.181. The molecule has 3 rings (SSSR count). The van der Waals surface area contributed by atoms with Crippen LogP contribution in [0.15, 0.2) is 60.7 Å². The van der Waals surface area contributed by atoms with Gasteiger partial charge in [0.25, 0.3) is 0 Å². The first-order chi connectivity index (χ1) is 12.7. The molecule has 4 heteroatoms. The van der Waals surface area contributed by atoms with Gasteiger partial charge in [-0.3, -0.25) is 0 Å². The highest BCUT2D eigenvalue weighted by Crippen LogP contribution is 2.25. The number of fused-ring (bicyclic) bond motifs is 1. The third-order valence-corrected chi connectivity index (χ3v) is 4.35. The lowest BCUT2D eigenvalue weighted by molar-refractivity contribution is 0.0691. The molecule has 0 radical (unpaired) electrons. The minimum Gasteiger partial charge on any atom is -0.488 e. The molecule has 0 bridgehead atoms. The second-order valence-electron chi connectivity index (χ2n) is 6.16. The molecule has 0 heterocycles. The number of methoxy groups -OCH3 is 1. The third kappa shape index (κ3) is 4.21. The van der Waals surface area contributed by atoms with Gasteiger partial charge >= 0.3 is 5.97 Å². The molecule has 1 N–H and O–H groups in total. The van der Waals surface area contributed by atoms with E-state index in [0.29, 0.717) is 19.0 Å². The number of hydrogen-bond acceptors (Lipinski definition) is 3. The van der Waals surface area contributed by atoms with E-state index < -0.39 is 5.97 Å². The van der Waals surface area contributed by atoms with Gasteiger partial charge in [0.2, 0.25) is 0 Å². The maximum atomic E-state index is 11.5. The highest BCUT2D eigenvalue weighted by atomic mass is 16.5. The van der Waals surface area contributed by atoms with Gasteiger partial charge in [0, 0.05) is 13.7 Å². The minimum atomic E-state index is -0.985. The van der Waals surface area contributed by atoms with E-state index in [9.17, 15) is 9.90 Å². The molecule has 0 fully saturated rings. The molecular formula is C22H22O4. The molecule has 3 aromatic rings. The summed E-state index contributed by atoms with van der Waals surface area (Å²) < 4.78 is 11.0. The van der Waals surface area contributed by atoms with Gasteiger partial charge < -0.3 is 14.6 Å². The van der Waals surface area contributed by atoms with Crippen LogP contribution >= 0.6 is 0 Å². The maximum absolute atomic E-state index is 11.5. The van der Waals surface area contributed by atoms with Crippen molar-refractivity contribution in [1.29, 1.82) is 0 Å². The second kappa shape index (κ2) is 8.50. The monoisotopic (exact) mass is 350 g/mol. The van der Waals surface area contributed by atoms with Crippen molar-refractivity contribution in [2.24, 2.45) is 0 Å². The Balaban J connectivity index is 1.83.